The lowest BCUT2D eigenvalue weighted by Crippen LogP contribution is -2.37. The second kappa shape index (κ2) is 7.42. The number of nitrogens with one attached hydrogen (secondary N) is 2. The number of aryl methyl sites for hydroxylation is 3. The molecule has 1 aromatic heterocycles. The van der Waals surface area contributed by atoms with Gasteiger partial charge in [-0.05, 0) is 59.9 Å². The fraction of sp³-hybridized carbons (Fsp3) is 0.353. The van der Waals surface area contributed by atoms with Crippen molar-refractivity contribution in [1.29, 1.82) is 0 Å². The minimum Gasteiger partial charge on any atom is -0.387 e. The summed E-state index contributed by atoms with van der Waals surface area (Å²) in [7, 11) is 0. The number of rotatable bonds is 5. The third-order valence-electron chi connectivity index (χ3n) is 3.65. The van der Waals surface area contributed by atoms with E-state index in [1.807, 2.05) is 16.8 Å². The fourth-order valence-electron chi connectivity index (χ4n) is 2.49. The van der Waals surface area contributed by atoms with Crippen molar-refractivity contribution >= 4 is 17.4 Å². The summed E-state index contributed by atoms with van der Waals surface area (Å²) in [5.41, 5.74) is 5.55. The zero-order chi connectivity index (χ0) is 16.1. The van der Waals surface area contributed by atoms with E-state index in [4.69, 9.17) is 0 Å². The minimum absolute atomic E-state index is 0.203. The van der Waals surface area contributed by atoms with Gasteiger partial charge in [-0.2, -0.15) is 11.3 Å². The maximum absolute atomic E-state index is 11.8. The van der Waals surface area contributed by atoms with Crippen LogP contribution >= 0.6 is 11.3 Å². The van der Waals surface area contributed by atoms with Crippen molar-refractivity contribution in [2.24, 2.45) is 0 Å². The second-order valence-electron chi connectivity index (χ2n) is 5.51. The highest BCUT2D eigenvalue weighted by molar-refractivity contribution is 7.07. The fourth-order valence-corrected chi connectivity index (χ4v) is 3.20. The average Bonchev–Trinajstić information content (AvgIpc) is 2.97. The van der Waals surface area contributed by atoms with Gasteiger partial charge in [-0.15, -0.1) is 0 Å². The maximum atomic E-state index is 11.8. The lowest BCUT2D eigenvalue weighted by Gasteiger charge is -2.14. The van der Waals surface area contributed by atoms with E-state index in [1.54, 1.807) is 0 Å². The molecule has 1 atom stereocenters. The summed E-state index contributed by atoms with van der Waals surface area (Å²) in [5.74, 6) is 0. The highest BCUT2D eigenvalue weighted by Crippen LogP contribution is 2.16. The predicted molar refractivity (Wildman–Crippen MR) is 90.2 cm³/mol. The molecule has 0 aliphatic rings. The molecule has 2 amide bonds. The van der Waals surface area contributed by atoms with Gasteiger partial charge < -0.3 is 15.7 Å². The number of amides is 2. The molecule has 0 saturated carbocycles. The molecule has 2 aromatic rings. The number of carbonyl (C=O) groups is 1. The molecule has 0 unspecified atom stereocenters. The van der Waals surface area contributed by atoms with Crippen LogP contribution in [0.3, 0.4) is 0 Å². The summed E-state index contributed by atoms with van der Waals surface area (Å²) in [6, 6.07) is 5.81. The van der Waals surface area contributed by atoms with E-state index in [9.17, 15) is 9.90 Å². The zero-order valence-corrected chi connectivity index (χ0v) is 14.0. The molecule has 0 spiro atoms. The van der Waals surface area contributed by atoms with Gasteiger partial charge in [0.2, 0.25) is 0 Å². The van der Waals surface area contributed by atoms with Gasteiger partial charge in [0.15, 0.2) is 0 Å². The van der Waals surface area contributed by atoms with E-state index in [1.165, 1.54) is 28.0 Å². The number of aliphatic hydroxyl groups is 1. The van der Waals surface area contributed by atoms with Crippen LogP contribution in [0.2, 0.25) is 0 Å². The van der Waals surface area contributed by atoms with Crippen molar-refractivity contribution in [1.82, 2.24) is 10.6 Å². The molecule has 0 aliphatic carbocycles. The van der Waals surface area contributed by atoms with Crippen molar-refractivity contribution in [2.45, 2.75) is 33.4 Å². The van der Waals surface area contributed by atoms with Crippen LogP contribution in [0.4, 0.5) is 4.79 Å². The molecule has 2 rings (SSSR count). The summed E-state index contributed by atoms with van der Waals surface area (Å²) in [6.07, 6.45) is -0.667. The SMILES string of the molecule is Cc1cc(C)c(CNC(=O)NC[C@H](O)c2ccsc2)c(C)c1. The van der Waals surface area contributed by atoms with Crippen LogP contribution in [-0.4, -0.2) is 17.7 Å². The summed E-state index contributed by atoms with van der Waals surface area (Å²) in [5, 5.41) is 19.2. The van der Waals surface area contributed by atoms with Gasteiger partial charge in [-0.1, -0.05) is 17.7 Å². The Morgan fingerprint density at radius 3 is 2.50 bits per heavy atom. The number of benzene rings is 1. The van der Waals surface area contributed by atoms with Crippen LogP contribution in [-0.2, 0) is 6.54 Å². The summed E-state index contributed by atoms with van der Waals surface area (Å²) in [6.45, 7) is 6.85. The molecule has 22 heavy (non-hydrogen) atoms. The molecule has 0 fully saturated rings. The Morgan fingerprint density at radius 1 is 1.23 bits per heavy atom. The Bertz CT molecular complexity index is 615. The van der Waals surface area contributed by atoms with Crippen LogP contribution in [0.5, 0.6) is 0 Å². The van der Waals surface area contributed by atoms with E-state index in [-0.39, 0.29) is 12.6 Å². The van der Waals surface area contributed by atoms with Crippen molar-refractivity contribution in [2.75, 3.05) is 6.54 Å². The average molecular weight is 318 g/mol. The Labute approximate surface area is 135 Å². The molecule has 5 heteroatoms. The lowest BCUT2D eigenvalue weighted by atomic mass is 10.00. The van der Waals surface area contributed by atoms with Crippen LogP contribution in [0.25, 0.3) is 0 Å². The van der Waals surface area contributed by atoms with Gasteiger partial charge >= 0.3 is 6.03 Å². The van der Waals surface area contributed by atoms with Crippen molar-refractivity contribution in [3.63, 3.8) is 0 Å². The molecule has 0 bridgehead atoms. The first-order valence-electron chi connectivity index (χ1n) is 7.26. The van der Waals surface area contributed by atoms with E-state index >= 15 is 0 Å². The van der Waals surface area contributed by atoms with Crippen molar-refractivity contribution < 1.29 is 9.90 Å². The minimum atomic E-state index is -0.667. The van der Waals surface area contributed by atoms with E-state index in [2.05, 4.69) is 43.5 Å². The maximum Gasteiger partial charge on any atom is 0.315 e. The third kappa shape index (κ3) is 4.32. The van der Waals surface area contributed by atoms with Gasteiger partial charge in [0.25, 0.3) is 0 Å². The molecule has 1 heterocycles. The highest BCUT2D eigenvalue weighted by atomic mass is 32.1. The molecule has 4 nitrogen and oxygen atoms in total. The van der Waals surface area contributed by atoms with Gasteiger partial charge in [-0.3, -0.25) is 0 Å². The van der Waals surface area contributed by atoms with Gasteiger partial charge in [-0.25, -0.2) is 4.79 Å². The van der Waals surface area contributed by atoms with Gasteiger partial charge in [0.1, 0.15) is 0 Å². The Balaban J connectivity index is 1.83. The molecule has 118 valence electrons. The highest BCUT2D eigenvalue weighted by Gasteiger charge is 2.10. The van der Waals surface area contributed by atoms with E-state index < -0.39 is 6.10 Å². The van der Waals surface area contributed by atoms with Crippen LogP contribution in [0.15, 0.2) is 29.0 Å². The number of carbonyl (C=O) groups excluding carboxylic acids is 1. The quantitative estimate of drug-likeness (QED) is 0.793. The first-order valence-corrected chi connectivity index (χ1v) is 8.20. The first kappa shape index (κ1) is 16.5. The Kier molecular flexibility index (Phi) is 5.57. The standard InChI is InChI=1S/C17H22N2O2S/c1-11-6-12(2)15(13(3)7-11)8-18-17(21)19-9-16(20)14-4-5-22-10-14/h4-7,10,16,20H,8-9H2,1-3H3,(H2,18,19,21)/t16-/m0/s1. The molecular formula is C17H22N2O2S. The third-order valence-corrected chi connectivity index (χ3v) is 4.35. The lowest BCUT2D eigenvalue weighted by molar-refractivity contribution is 0.173. The number of hydrogen-bond donors (Lipinski definition) is 3. The normalized spacial score (nSPS) is 12.0. The van der Waals surface area contributed by atoms with E-state index in [0.717, 1.165) is 11.1 Å². The smallest absolute Gasteiger partial charge is 0.315 e. The Morgan fingerprint density at radius 2 is 1.91 bits per heavy atom. The summed E-state index contributed by atoms with van der Waals surface area (Å²) in [4.78, 5) is 11.8. The van der Waals surface area contributed by atoms with Gasteiger partial charge in [0.05, 0.1) is 6.10 Å². The first-order chi connectivity index (χ1) is 10.5. The van der Waals surface area contributed by atoms with E-state index in [0.29, 0.717) is 6.54 Å². The summed E-state index contributed by atoms with van der Waals surface area (Å²) < 4.78 is 0. The predicted octanol–water partition coefficient (Wildman–Crippen LogP) is 3.21. The molecule has 1 aromatic carbocycles. The second-order valence-corrected chi connectivity index (χ2v) is 6.29. The number of aliphatic hydroxyl groups excluding tert-OH is 1. The van der Waals surface area contributed by atoms with Crippen LogP contribution in [0, 0.1) is 20.8 Å². The molecule has 0 radical (unpaired) electrons. The zero-order valence-electron chi connectivity index (χ0n) is 13.1. The van der Waals surface area contributed by atoms with Crippen molar-refractivity contribution in [3.8, 4) is 0 Å². The number of urea groups is 1. The largest absolute Gasteiger partial charge is 0.387 e. The number of thiophene rings is 1. The van der Waals surface area contributed by atoms with Crippen LogP contribution < -0.4 is 10.6 Å². The molecule has 0 aliphatic heterocycles. The Hall–Kier alpha value is -1.85. The molecule has 3 N–H and O–H groups in total. The monoisotopic (exact) mass is 318 g/mol. The number of hydrogen-bond acceptors (Lipinski definition) is 3. The topological polar surface area (TPSA) is 61.4 Å². The summed E-state index contributed by atoms with van der Waals surface area (Å²) >= 11 is 1.53. The van der Waals surface area contributed by atoms with Crippen LogP contribution in [0.1, 0.15) is 33.9 Å². The van der Waals surface area contributed by atoms with Gasteiger partial charge in [0, 0.05) is 13.1 Å². The molecule has 0 saturated heterocycles. The molecular weight excluding hydrogens is 296 g/mol. The van der Waals surface area contributed by atoms with Crippen molar-refractivity contribution in [3.05, 3.63) is 56.8 Å².